The van der Waals surface area contributed by atoms with E-state index in [0.717, 1.165) is 31.5 Å². The maximum atomic E-state index is 12.2. The number of nitrogens with zero attached hydrogens (tertiary/aromatic N) is 1. The van der Waals surface area contributed by atoms with E-state index in [1.54, 1.807) is 0 Å². The number of nitrogens with one attached hydrogen (secondary N) is 1. The Hall–Kier alpha value is -1.43. The smallest absolute Gasteiger partial charge is 0.234 e. The molecular weight excluding hydrogens is 292 g/mol. The van der Waals surface area contributed by atoms with Crippen LogP contribution in [0.5, 0.6) is 0 Å². The maximum Gasteiger partial charge on any atom is 0.234 e. The first-order chi connectivity index (χ1) is 11.2. The second kappa shape index (κ2) is 9.65. The number of likely N-dealkylation sites (tertiary alicyclic amines) is 1. The van der Waals surface area contributed by atoms with Gasteiger partial charge in [-0.15, -0.1) is 0 Å². The fourth-order valence-corrected chi connectivity index (χ4v) is 2.86. The van der Waals surface area contributed by atoms with Gasteiger partial charge in [-0.1, -0.05) is 30.3 Å². The molecule has 0 saturated carbocycles. The van der Waals surface area contributed by atoms with Crippen molar-refractivity contribution in [3.05, 3.63) is 35.9 Å². The zero-order chi connectivity index (χ0) is 16.5. The molecule has 1 saturated heterocycles. The molecule has 2 rings (SSSR count). The number of aliphatic hydroxyl groups is 1. The highest BCUT2D eigenvalue weighted by Gasteiger charge is 2.21. The van der Waals surface area contributed by atoms with Crippen LogP contribution in [0, 0.1) is 0 Å². The molecule has 1 atom stereocenters. The molecule has 5 nitrogen and oxygen atoms in total. The molecule has 1 fully saturated rings. The number of amides is 1. The fraction of sp³-hybridized carbons (Fsp3) is 0.611. The number of aliphatic hydroxyl groups excluding tert-OH is 1. The van der Waals surface area contributed by atoms with Crippen molar-refractivity contribution in [2.24, 2.45) is 0 Å². The van der Waals surface area contributed by atoms with E-state index in [-0.39, 0.29) is 24.7 Å². The van der Waals surface area contributed by atoms with Gasteiger partial charge in [0.25, 0.3) is 0 Å². The summed E-state index contributed by atoms with van der Waals surface area (Å²) in [6.45, 7) is 5.03. The molecule has 1 aromatic carbocycles. The number of benzene rings is 1. The van der Waals surface area contributed by atoms with Crippen molar-refractivity contribution in [2.75, 3.05) is 32.8 Å². The summed E-state index contributed by atoms with van der Waals surface area (Å²) in [7, 11) is 0. The van der Waals surface area contributed by atoms with Crippen LogP contribution in [0.4, 0.5) is 0 Å². The van der Waals surface area contributed by atoms with Crippen LogP contribution in [0.1, 0.15) is 37.8 Å². The monoisotopic (exact) mass is 320 g/mol. The van der Waals surface area contributed by atoms with Gasteiger partial charge in [-0.05, 0) is 31.7 Å². The highest BCUT2D eigenvalue weighted by Crippen LogP contribution is 2.14. The molecule has 1 heterocycles. The van der Waals surface area contributed by atoms with Crippen LogP contribution < -0.4 is 5.32 Å². The normalized spacial score (nSPS) is 17.8. The first kappa shape index (κ1) is 17.9. The SMILES string of the molecule is CC(NC(=O)CN1CCC(OCCCO)CC1)c1ccccc1. The van der Waals surface area contributed by atoms with Crippen LogP contribution >= 0.6 is 0 Å². The second-order valence-corrected chi connectivity index (χ2v) is 6.12. The predicted molar refractivity (Wildman–Crippen MR) is 90.1 cm³/mol. The van der Waals surface area contributed by atoms with Gasteiger partial charge < -0.3 is 15.2 Å². The molecule has 0 radical (unpaired) electrons. The van der Waals surface area contributed by atoms with Crippen molar-refractivity contribution < 1.29 is 14.6 Å². The lowest BCUT2D eigenvalue weighted by molar-refractivity contribution is -0.123. The van der Waals surface area contributed by atoms with E-state index in [1.807, 2.05) is 37.3 Å². The number of hydrogen-bond donors (Lipinski definition) is 2. The zero-order valence-corrected chi connectivity index (χ0v) is 13.9. The van der Waals surface area contributed by atoms with Crippen LogP contribution in [0.15, 0.2) is 30.3 Å². The number of rotatable bonds is 8. The Bertz CT molecular complexity index is 459. The molecule has 0 spiro atoms. The molecule has 0 bridgehead atoms. The first-order valence-corrected chi connectivity index (χ1v) is 8.48. The summed E-state index contributed by atoms with van der Waals surface area (Å²) >= 11 is 0. The van der Waals surface area contributed by atoms with Gasteiger partial charge in [0.1, 0.15) is 0 Å². The molecule has 1 aliphatic heterocycles. The summed E-state index contributed by atoms with van der Waals surface area (Å²) in [5.74, 6) is 0.0704. The molecule has 1 aromatic rings. The quantitative estimate of drug-likeness (QED) is 0.716. The molecule has 0 aliphatic carbocycles. The highest BCUT2D eigenvalue weighted by molar-refractivity contribution is 5.78. The lowest BCUT2D eigenvalue weighted by Gasteiger charge is -2.31. The third-order valence-electron chi connectivity index (χ3n) is 4.23. The Labute approximate surface area is 138 Å². The summed E-state index contributed by atoms with van der Waals surface area (Å²) in [5.41, 5.74) is 1.12. The predicted octanol–water partition coefficient (Wildman–Crippen LogP) is 1.73. The number of piperidine rings is 1. The summed E-state index contributed by atoms with van der Waals surface area (Å²) in [5, 5.41) is 11.8. The molecule has 23 heavy (non-hydrogen) atoms. The lowest BCUT2D eigenvalue weighted by Crippen LogP contribution is -2.43. The van der Waals surface area contributed by atoms with Crippen molar-refractivity contribution in [2.45, 2.75) is 38.3 Å². The Kier molecular flexibility index (Phi) is 7.52. The zero-order valence-electron chi connectivity index (χ0n) is 13.9. The minimum absolute atomic E-state index is 0.0306. The molecule has 0 aromatic heterocycles. The van der Waals surface area contributed by atoms with Gasteiger partial charge in [-0.25, -0.2) is 0 Å². The molecule has 2 N–H and O–H groups in total. The molecule has 128 valence electrons. The van der Waals surface area contributed by atoms with Gasteiger partial charge in [-0.2, -0.15) is 0 Å². The summed E-state index contributed by atoms with van der Waals surface area (Å²) < 4.78 is 5.71. The van der Waals surface area contributed by atoms with E-state index in [4.69, 9.17) is 9.84 Å². The van der Waals surface area contributed by atoms with Crippen LogP contribution in [0.25, 0.3) is 0 Å². The maximum absolute atomic E-state index is 12.2. The van der Waals surface area contributed by atoms with Crippen molar-refractivity contribution in [1.29, 1.82) is 0 Å². The lowest BCUT2D eigenvalue weighted by atomic mass is 10.1. The molecule has 1 aliphatic rings. The van der Waals surface area contributed by atoms with E-state index in [2.05, 4.69) is 10.2 Å². The van der Waals surface area contributed by atoms with Crippen molar-refractivity contribution in [1.82, 2.24) is 10.2 Å². The average molecular weight is 320 g/mol. The fourth-order valence-electron chi connectivity index (χ4n) is 2.86. The highest BCUT2D eigenvalue weighted by atomic mass is 16.5. The van der Waals surface area contributed by atoms with Crippen LogP contribution in [-0.4, -0.2) is 54.9 Å². The van der Waals surface area contributed by atoms with Gasteiger partial charge in [0.05, 0.1) is 18.7 Å². The summed E-state index contributed by atoms with van der Waals surface area (Å²) in [6.07, 6.45) is 2.86. The Morgan fingerprint density at radius 1 is 1.35 bits per heavy atom. The van der Waals surface area contributed by atoms with Crippen LogP contribution in [0.3, 0.4) is 0 Å². The molecular formula is C18H28N2O3. The van der Waals surface area contributed by atoms with Gasteiger partial charge in [-0.3, -0.25) is 9.69 Å². The van der Waals surface area contributed by atoms with E-state index in [1.165, 1.54) is 0 Å². The van der Waals surface area contributed by atoms with Gasteiger partial charge in [0.2, 0.25) is 5.91 Å². The minimum Gasteiger partial charge on any atom is -0.396 e. The third-order valence-corrected chi connectivity index (χ3v) is 4.23. The topological polar surface area (TPSA) is 61.8 Å². The van der Waals surface area contributed by atoms with Gasteiger partial charge in [0, 0.05) is 26.3 Å². The number of hydrogen-bond acceptors (Lipinski definition) is 4. The van der Waals surface area contributed by atoms with E-state index < -0.39 is 0 Å². The van der Waals surface area contributed by atoms with Crippen molar-refractivity contribution in [3.63, 3.8) is 0 Å². The standard InChI is InChI=1S/C18H28N2O3/c1-15(16-6-3-2-4-7-16)19-18(22)14-20-10-8-17(9-11-20)23-13-5-12-21/h2-4,6-7,15,17,21H,5,8-14H2,1H3,(H,19,22). The van der Waals surface area contributed by atoms with Crippen LogP contribution in [0.2, 0.25) is 0 Å². The Morgan fingerprint density at radius 3 is 2.70 bits per heavy atom. The largest absolute Gasteiger partial charge is 0.396 e. The second-order valence-electron chi connectivity index (χ2n) is 6.12. The number of ether oxygens (including phenoxy) is 1. The Balaban J connectivity index is 1.66. The van der Waals surface area contributed by atoms with E-state index in [0.29, 0.717) is 19.6 Å². The molecule has 1 unspecified atom stereocenters. The van der Waals surface area contributed by atoms with Crippen LogP contribution in [-0.2, 0) is 9.53 Å². The van der Waals surface area contributed by atoms with E-state index >= 15 is 0 Å². The van der Waals surface area contributed by atoms with Crippen molar-refractivity contribution >= 4 is 5.91 Å². The number of carbonyl (C=O) groups is 1. The number of carbonyl (C=O) groups excluding carboxylic acids is 1. The summed E-state index contributed by atoms with van der Waals surface area (Å²) in [6, 6.07) is 10.0. The van der Waals surface area contributed by atoms with Crippen molar-refractivity contribution in [3.8, 4) is 0 Å². The van der Waals surface area contributed by atoms with Gasteiger partial charge in [0.15, 0.2) is 0 Å². The average Bonchev–Trinajstić information content (AvgIpc) is 2.57. The third kappa shape index (κ3) is 6.29. The molecule has 5 heteroatoms. The Morgan fingerprint density at radius 2 is 2.04 bits per heavy atom. The molecule has 1 amide bonds. The minimum atomic E-state index is 0.0306. The first-order valence-electron chi connectivity index (χ1n) is 8.48. The summed E-state index contributed by atoms with van der Waals surface area (Å²) in [4.78, 5) is 14.4. The van der Waals surface area contributed by atoms with E-state index in [9.17, 15) is 4.79 Å². The van der Waals surface area contributed by atoms with Gasteiger partial charge >= 0.3 is 0 Å².